The van der Waals surface area contributed by atoms with Crippen LogP contribution in [0.4, 0.5) is 18.0 Å². The Morgan fingerprint density at radius 2 is 1.91 bits per heavy atom. The van der Waals surface area contributed by atoms with E-state index in [4.69, 9.17) is 31.8 Å². The van der Waals surface area contributed by atoms with Gasteiger partial charge in [0, 0.05) is 35.9 Å². The Bertz CT molecular complexity index is 1380. The van der Waals surface area contributed by atoms with Crippen LogP contribution in [-0.4, -0.2) is 61.7 Å². The van der Waals surface area contributed by atoms with E-state index in [1.54, 1.807) is 0 Å². The second-order valence-corrected chi connectivity index (χ2v) is 10.4. The number of ether oxygens (including phenoxy) is 2. The number of amides is 1. The maximum atomic E-state index is 15.0. The zero-order valence-corrected chi connectivity index (χ0v) is 19.7. The number of imidazole rings is 1. The molecule has 1 amide bonds. The summed E-state index contributed by atoms with van der Waals surface area (Å²) >= 11 is 5.85. The van der Waals surface area contributed by atoms with Crippen LogP contribution >= 0.6 is 22.3 Å². The predicted molar refractivity (Wildman–Crippen MR) is 116 cm³/mol. The van der Waals surface area contributed by atoms with E-state index < -0.39 is 49.2 Å². The van der Waals surface area contributed by atoms with Crippen molar-refractivity contribution < 1.29 is 35.9 Å². The lowest BCUT2D eigenvalue weighted by Gasteiger charge is -2.32. The van der Waals surface area contributed by atoms with E-state index in [0.717, 1.165) is 6.20 Å². The highest BCUT2D eigenvalue weighted by atomic mass is 35.7. The predicted octanol–water partition coefficient (Wildman–Crippen LogP) is 4.01. The highest BCUT2D eigenvalue weighted by Gasteiger charge is 2.30. The zero-order chi connectivity index (χ0) is 24.8. The third-order valence-electron chi connectivity index (χ3n) is 5.29. The first kappa shape index (κ1) is 24.6. The Morgan fingerprint density at radius 3 is 2.53 bits per heavy atom. The van der Waals surface area contributed by atoms with Crippen molar-refractivity contribution in [1.82, 2.24) is 14.3 Å². The molecule has 1 saturated heterocycles. The second kappa shape index (κ2) is 9.25. The molecule has 1 fully saturated rings. The molecule has 0 N–H and O–H groups in total. The molecule has 0 radical (unpaired) electrons. The van der Waals surface area contributed by atoms with E-state index in [9.17, 15) is 26.4 Å². The largest absolute Gasteiger partial charge is 0.453 e. The average Bonchev–Trinajstić information content (AvgIpc) is 3.09. The van der Waals surface area contributed by atoms with Crippen molar-refractivity contribution in [3.8, 4) is 11.3 Å². The summed E-state index contributed by atoms with van der Waals surface area (Å²) in [5, 5.41) is -0.258. The third kappa shape index (κ3) is 4.67. The molecule has 1 atom stereocenters. The summed E-state index contributed by atoms with van der Waals surface area (Å²) in [4.78, 5) is 16.8. The molecule has 0 saturated carbocycles. The van der Waals surface area contributed by atoms with E-state index in [0.29, 0.717) is 12.1 Å². The van der Waals surface area contributed by atoms with Crippen molar-refractivity contribution >= 4 is 43.1 Å². The van der Waals surface area contributed by atoms with Gasteiger partial charge in [-0.15, -0.1) is 0 Å². The molecule has 1 aliphatic heterocycles. The molecular weight excluding hydrogens is 522 g/mol. The fourth-order valence-electron chi connectivity index (χ4n) is 3.75. The summed E-state index contributed by atoms with van der Waals surface area (Å²) in [6.45, 7) is 0.561. The van der Waals surface area contributed by atoms with Crippen LogP contribution in [0.15, 0.2) is 29.3 Å². The van der Waals surface area contributed by atoms with E-state index in [1.807, 2.05) is 0 Å². The standard InChI is InChI=1S/C20H16Cl2F3N3O5S/c1-32-20(29)27-2-3-33-10(8-27)4-16-19(26-17-7-12(21)15(25)9-28(16)17)18-13(23)5-11(6-14(18)24)34(22,30)31/h5-7,9-10H,2-4,8H2,1H3. The summed E-state index contributed by atoms with van der Waals surface area (Å²) in [5.41, 5.74) is -0.611. The number of nitrogens with zero attached hydrogens (tertiary/aromatic N) is 3. The molecule has 8 nitrogen and oxygen atoms in total. The number of halogens is 5. The van der Waals surface area contributed by atoms with Crippen molar-refractivity contribution in [2.75, 3.05) is 26.8 Å². The van der Waals surface area contributed by atoms with Crippen molar-refractivity contribution in [3.63, 3.8) is 0 Å². The number of hydrogen-bond donors (Lipinski definition) is 0. The van der Waals surface area contributed by atoms with Gasteiger partial charge in [-0.3, -0.25) is 0 Å². The van der Waals surface area contributed by atoms with E-state index >= 15 is 0 Å². The van der Waals surface area contributed by atoms with Gasteiger partial charge in [-0.25, -0.2) is 31.4 Å². The first-order chi connectivity index (χ1) is 16.0. The quantitative estimate of drug-likeness (QED) is 0.467. The number of morpholine rings is 1. The Balaban J connectivity index is 1.85. The molecule has 0 spiro atoms. The van der Waals surface area contributed by atoms with Crippen LogP contribution < -0.4 is 0 Å². The van der Waals surface area contributed by atoms with Crippen molar-refractivity contribution in [2.24, 2.45) is 0 Å². The highest BCUT2D eigenvalue weighted by molar-refractivity contribution is 8.13. The van der Waals surface area contributed by atoms with Crippen molar-refractivity contribution in [2.45, 2.75) is 17.4 Å². The Morgan fingerprint density at radius 1 is 1.24 bits per heavy atom. The normalized spacial score (nSPS) is 16.8. The van der Waals surface area contributed by atoms with Gasteiger partial charge < -0.3 is 18.8 Å². The number of methoxy groups -OCH3 is 1. The van der Waals surface area contributed by atoms with E-state index in [2.05, 4.69) is 4.98 Å². The first-order valence-electron chi connectivity index (χ1n) is 9.74. The van der Waals surface area contributed by atoms with Gasteiger partial charge in [-0.05, 0) is 12.1 Å². The highest BCUT2D eigenvalue weighted by Crippen LogP contribution is 2.34. The summed E-state index contributed by atoms with van der Waals surface area (Å²) in [6, 6.07) is 2.32. The molecule has 4 rings (SSSR count). The minimum absolute atomic E-state index is 0.0283. The second-order valence-electron chi connectivity index (χ2n) is 7.42. The van der Waals surface area contributed by atoms with E-state index in [-0.39, 0.29) is 48.2 Å². The number of pyridine rings is 1. The van der Waals surface area contributed by atoms with Crippen LogP contribution in [0.2, 0.25) is 5.02 Å². The number of carbonyl (C=O) groups is 1. The lowest BCUT2D eigenvalue weighted by molar-refractivity contribution is -0.0241. The molecule has 3 aromatic rings. The monoisotopic (exact) mass is 537 g/mol. The van der Waals surface area contributed by atoms with Crippen LogP contribution in [0, 0.1) is 17.5 Å². The fraction of sp³-hybridized carbons (Fsp3) is 0.300. The molecule has 34 heavy (non-hydrogen) atoms. The molecule has 2 aromatic heterocycles. The number of rotatable bonds is 4. The SMILES string of the molecule is COC(=O)N1CCOC(Cc2c(-c3c(F)cc(S(=O)(=O)Cl)cc3F)nc3cc(Cl)c(F)cn23)C1. The summed E-state index contributed by atoms with van der Waals surface area (Å²) < 4.78 is 79.0. The number of fused-ring (bicyclic) bond motifs is 1. The Hall–Kier alpha value is -2.54. The molecule has 3 heterocycles. The smallest absolute Gasteiger partial charge is 0.409 e. The van der Waals surface area contributed by atoms with Crippen molar-refractivity contribution in [3.05, 3.63) is 52.6 Å². The summed E-state index contributed by atoms with van der Waals surface area (Å²) in [6.07, 6.45) is -0.226. The first-order valence-corrected chi connectivity index (χ1v) is 12.4. The Labute approximate surface area is 201 Å². The van der Waals surface area contributed by atoms with Crippen LogP contribution in [-0.2, 0) is 24.9 Å². The Kier molecular flexibility index (Phi) is 6.69. The van der Waals surface area contributed by atoms with Gasteiger partial charge in [0.1, 0.15) is 17.3 Å². The van der Waals surface area contributed by atoms with E-state index in [1.165, 1.54) is 22.5 Å². The molecular formula is C20H16Cl2F3N3O5S. The van der Waals surface area contributed by atoms with Crippen molar-refractivity contribution in [1.29, 1.82) is 0 Å². The van der Waals surface area contributed by atoms with Crippen LogP contribution in [0.3, 0.4) is 0 Å². The maximum Gasteiger partial charge on any atom is 0.409 e. The minimum atomic E-state index is -4.40. The molecule has 0 bridgehead atoms. The maximum absolute atomic E-state index is 15.0. The number of aromatic nitrogens is 2. The van der Waals surface area contributed by atoms with Gasteiger partial charge in [-0.2, -0.15) is 0 Å². The zero-order valence-electron chi connectivity index (χ0n) is 17.4. The van der Waals surface area contributed by atoms with Gasteiger partial charge in [-0.1, -0.05) is 11.6 Å². The van der Waals surface area contributed by atoms with Crippen LogP contribution in [0.25, 0.3) is 16.9 Å². The van der Waals surface area contributed by atoms with Crippen LogP contribution in [0.1, 0.15) is 5.69 Å². The lowest BCUT2D eigenvalue weighted by Crippen LogP contribution is -2.46. The summed E-state index contributed by atoms with van der Waals surface area (Å²) in [7, 11) is 2.05. The fourth-order valence-corrected chi connectivity index (χ4v) is 4.66. The number of hydrogen-bond acceptors (Lipinski definition) is 6. The number of benzene rings is 1. The molecule has 0 aliphatic carbocycles. The molecule has 1 unspecified atom stereocenters. The minimum Gasteiger partial charge on any atom is -0.453 e. The van der Waals surface area contributed by atoms with Gasteiger partial charge in [0.05, 0.1) is 53.2 Å². The average molecular weight is 538 g/mol. The van der Waals surface area contributed by atoms with Gasteiger partial charge >= 0.3 is 6.09 Å². The lowest BCUT2D eigenvalue weighted by atomic mass is 10.0. The molecule has 182 valence electrons. The molecule has 1 aliphatic rings. The molecule has 1 aromatic carbocycles. The van der Waals surface area contributed by atoms with Crippen LogP contribution in [0.5, 0.6) is 0 Å². The topological polar surface area (TPSA) is 90.2 Å². The third-order valence-corrected chi connectivity index (χ3v) is 6.91. The van der Waals surface area contributed by atoms with Gasteiger partial charge in [0.25, 0.3) is 9.05 Å². The van der Waals surface area contributed by atoms with Gasteiger partial charge in [0.15, 0.2) is 5.82 Å². The molecule has 14 heteroatoms. The summed E-state index contributed by atoms with van der Waals surface area (Å²) in [5.74, 6) is -3.28. The van der Waals surface area contributed by atoms with Gasteiger partial charge in [0.2, 0.25) is 0 Å². The number of carbonyl (C=O) groups excluding carboxylic acids is 1.